The van der Waals surface area contributed by atoms with Gasteiger partial charge in [-0.05, 0) is 30.3 Å². The van der Waals surface area contributed by atoms with E-state index in [2.05, 4.69) is 5.32 Å². The van der Waals surface area contributed by atoms with E-state index in [0.29, 0.717) is 36.0 Å². The smallest absolute Gasteiger partial charge is 0.259 e. The average molecular weight is 348 g/mol. The third kappa shape index (κ3) is 3.50. The third-order valence-electron chi connectivity index (χ3n) is 3.44. The van der Waals surface area contributed by atoms with Crippen molar-refractivity contribution in [3.8, 4) is 11.5 Å². The molecule has 0 saturated heterocycles. The van der Waals surface area contributed by atoms with E-state index in [1.165, 1.54) is 18.2 Å². The summed E-state index contributed by atoms with van der Waals surface area (Å²) >= 11 is 0. The van der Waals surface area contributed by atoms with Gasteiger partial charge in [-0.1, -0.05) is 12.1 Å². The molecule has 1 heterocycles. The molecule has 0 aliphatic carbocycles. The maximum Gasteiger partial charge on any atom is 0.259 e. The molecule has 0 atom stereocenters. The second-order valence-corrected chi connectivity index (χ2v) is 6.77. The van der Waals surface area contributed by atoms with Gasteiger partial charge in [-0.2, -0.15) is 0 Å². The molecule has 2 aromatic rings. The fourth-order valence-corrected chi connectivity index (χ4v) is 2.88. The monoisotopic (exact) mass is 348 g/mol. The maximum absolute atomic E-state index is 12.5. The molecular formula is C16H16N2O5S. The van der Waals surface area contributed by atoms with E-state index in [4.69, 9.17) is 14.6 Å². The van der Waals surface area contributed by atoms with Crippen LogP contribution in [0.3, 0.4) is 0 Å². The van der Waals surface area contributed by atoms with Gasteiger partial charge in [0.2, 0.25) is 10.0 Å². The summed E-state index contributed by atoms with van der Waals surface area (Å²) in [4.78, 5) is 12.5. The van der Waals surface area contributed by atoms with Crippen LogP contribution < -0.4 is 19.9 Å². The molecule has 0 aromatic heterocycles. The topological polar surface area (TPSA) is 108 Å². The summed E-state index contributed by atoms with van der Waals surface area (Å²) in [6.45, 7) is 0.979. The molecule has 126 valence electrons. The van der Waals surface area contributed by atoms with E-state index < -0.39 is 15.9 Å². The lowest BCUT2D eigenvalue weighted by Crippen LogP contribution is -2.15. The van der Waals surface area contributed by atoms with Gasteiger partial charge in [0.15, 0.2) is 11.5 Å². The van der Waals surface area contributed by atoms with Gasteiger partial charge in [-0.3, -0.25) is 4.79 Å². The number of amides is 1. The number of carbonyl (C=O) groups excluding carboxylic acids is 1. The molecule has 24 heavy (non-hydrogen) atoms. The normalized spacial score (nSPS) is 13.9. The number of ether oxygens (including phenoxy) is 2. The highest BCUT2D eigenvalue weighted by atomic mass is 32.2. The van der Waals surface area contributed by atoms with Crippen LogP contribution in [0, 0.1) is 0 Å². The molecular weight excluding hydrogens is 332 g/mol. The number of para-hydroxylation sites is 1. The number of benzene rings is 2. The predicted octanol–water partition coefficient (Wildman–Crippen LogP) is 1.75. The lowest BCUT2D eigenvalue weighted by molar-refractivity contribution is 0.102. The SMILES string of the molecule is NS(=O)(=O)c1cccc(NC(=O)c2cccc3c2OCCCO3)c1. The first-order chi connectivity index (χ1) is 11.4. The summed E-state index contributed by atoms with van der Waals surface area (Å²) in [5, 5.41) is 7.75. The minimum Gasteiger partial charge on any atom is -0.490 e. The average Bonchev–Trinajstić information content (AvgIpc) is 2.79. The molecule has 0 spiro atoms. The summed E-state index contributed by atoms with van der Waals surface area (Å²) in [5.74, 6) is 0.470. The van der Waals surface area contributed by atoms with E-state index in [-0.39, 0.29) is 4.90 Å². The Kier molecular flexibility index (Phi) is 4.41. The van der Waals surface area contributed by atoms with Crippen molar-refractivity contribution in [2.45, 2.75) is 11.3 Å². The minimum atomic E-state index is -3.84. The zero-order valence-corrected chi connectivity index (χ0v) is 13.5. The molecule has 1 aliphatic heterocycles. The van der Waals surface area contributed by atoms with Gasteiger partial charge >= 0.3 is 0 Å². The first kappa shape index (κ1) is 16.3. The highest BCUT2D eigenvalue weighted by Gasteiger charge is 2.20. The lowest BCUT2D eigenvalue weighted by atomic mass is 10.1. The van der Waals surface area contributed by atoms with Gasteiger partial charge in [0.05, 0.1) is 23.7 Å². The van der Waals surface area contributed by atoms with Crippen LogP contribution in [-0.2, 0) is 10.0 Å². The molecule has 0 fully saturated rings. The van der Waals surface area contributed by atoms with Crippen LogP contribution in [0.5, 0.6) is 11.5 Å². The Morgan fingerprint density at radius 3 is 2.62 bits per heavy atom. The molecule has 3 N–H and O–H groups in total. The predicted molar refractivity (Wildman–Crippen MR) is 87.8 cm³/mol. The Balaban J connectivity index is 1.89. The lowest BCUT2D eigenvalue weighted by Gasteiger charge is -2.12. The second-order valence-electron chi connectivity index (χ2n) is 5.21. The fraction of sp³-hybridized carbons (Fsp3) is 0.188. The number of carbonyl (C=O) groups is 1. The summed E-state index contributed by atoms with van der Waals surface area (Å²) < 4.78 is 34.0. The van der Waals surface area contributed by atoms with Crippen LogP contribution >= 0.6 is 0 Å². The van der Waals surface area contributed by atoms with Crippen LogP contribution in [0.1, 0.15) is 16.8 Å². The Hall–Kier alpha value is -2.58. The molecule has 0 saturated carbocycles. The number of nitrogens with two attached hydrogens (primary N) is 1. The van der Waals surface area contributed by atoms with Crippen molar-refractivity contribution < 1.29 is 22.7 Å². The van der Waals surface area contributed by atoms with Crippen LogP contribution in [-0.4, -0.2) is 27.5 Å². The number of anilines is 1. The standard InChI is InChI=1S/C16H16N2O5S/c17-24(20,21)12-5-1-4-11(10-12)18-16(19)13-6-2-7-14-15(13)23-9-3-8-22-14/h1-2,4-7,10H,3,8-9H2,(H,18,19)(H2,17,20,21). The molecule has 0 radical (unpaired) electrons. The second kappa shape index (κ2) is 6.50. The summed E-state index contributed by atoms with van der Waals surface area (Å²) in [5.41, 5.74) is 0.633. The molecule has 0 unspecified atom stereocenters. The minimum absolute atomic E-state index is 0.0771. The van der Waals surface area contributed by atoms with E-state index in [0.717, 1.165) is 6.42 Å². The largest absolute Gasteiger partial charge is 0.490 e. The summed E-state index contributed by atoms with van der Waals surface area (Å²) in [6.07, 6.45) is 0.728. The van der Waals surface area contributed by atoms with Crippen molar-refractivity contribution in [3.63, 3.8) is 0 Å². The highest BCUT2D eigenvalue weighted by Crippen LogP contribution is 2.33. The summed E-state index contributed by atoms with van der Waals surface area (Å²) in [7, 11) is -3.84. The van der Waals surface area contributed by atoms with Gasteiger partial charge < -0.3 is 14.8 Å². The number of rotatable bonds is 3. The zero-order chi connectivity index (χ0) is 17.2. The molecule has 7 nitrogen and oxygen atoms in total. The number of primary sulfonamides is 1. The molecule has 1 amide bonds. The molecule has 2 aromatic carbocycles. The van der Waals surface area contributed by atoms with Crippen LogP contribution in [0.4, 0.5) is 5.69 Å². The van der Waals surface area contributed by atoms with Gasteiger partial charge in [-0.15, -0.1) is 0 Å². The van der Waals surface area contributed by atoms with Gasteiger partial charge in [0, 0.05) is 12.1 Å². The quantitative estimate of drug-likeness (QED) is 0.878. The van der Waals surface area contributed by atoms with Gasteiger partial charge in [0.25, 0.3) is 5.91 Å². The van der Waals surface area contributed by atoms with E-state index in [1.807, 2.05) is 0 Å². The summed E-state index contributed by atoms with van der Waals surface area (Å²) in [6, 6.07) is 10.8. The van der Waals surface area contributed by atoms with Crippen molar-refractivity contribution in [1.29, 1.82) is 0 Å². The van der Waals surface area contributed by atoms with Crippen LogP contribution in [0.15, 0.2) is 47.4 Å². The number of fused-ring (bicyclic) bond motifs is 1. The number of sulfonamides is 1. The van der Waals surface area contributed by atoms with Crippen molar-refractivity contribution >= 4 is 21.6 Å². The van der Waals surface area contributed by atoms with E-state index in [9.17, 15) is 13.2 Å². The van der Waals surface area contributed by atoms with Crippen LogP contribution in [0.25, 0.3) is 0 Å². The number of nitrogens with one attached hydrogen (secondary N) is 1. The number of hydrogen-bond donors (Lipinski definition) is 2. The Morgan fingerprint density at radius 2 is 1.83 bits per heavy atom. The van der Waals surface area contributed by atoms with E-state index in [1.54, 1.807) is 24.3 Å². The fourth-order valence-electron chi connectivity index (χ4n) is 2.32. The Morgan fingerprint density at radius 1 is 1.08 bits per heavy atom. The highest BCUT2D eigenvalue weighted by molar-refractivity contribution is 7.89. The van der Waals surface area contributed by atoms with Crippen molar-refractivity contribution in [1.82, 2.24) is 0 Å². The van der Waals surface area contributed by atoms with Crippen molar-refractivity contribution in [2.24, 2.45) is 5.14 Å². The van der Waals surface area contributed by atoms with Crippen molar-refractivity contribution in [2.75, 3.05) is 18.5 Å². The van der Waals surface area contributed by atoms with Gasteiger partial charge in [-0.25, -0.2) is 13.6 Å². The molecule has 3 rings (SSSR count). The molecule has 1 aliphatic rings. The first-order valence-electron chi connectivity index (χ1n) is 7.28. The van der Waals surface area contributed by atoms with Crippen molar-refractivity contribution in [3.05, 3.63) is 48.0 Å². The first-order valence-corrected chi connectivity index (χ1v) is 8.82. The van der Waals surface area contributed by atoms with Crippen LogP contribution in [0.2, 0.25) is 0 Å². The Bertz CT molecular complexity index is 880. The number of hydrogen-bond acceptors (Lipinski definition) is 5. The Labute approximate surface area is 139 Å². The maximum atomic E-state index is 12.5. The van der Waals surface area contributed by atoms with Gasteiger partial charge in [0.1, 0.15) is 0 Å². The molecule has 0 bridgehead atoms. The zero-order valence-electron chi connectivity index (χ0n) is 12.7. The third-order valence-corrected chi connectivity index (χ3v) is 4.35. The molecule has 8 heteroatoms. The van der Waals surface area contributed by atoms with E-state index >= 15 is 0 Å².